The van der Waals surface area contributed by atoms with Crippen LogP contribution in [0.25, 0.3) is 0 Å². The van der Waals surface area contributed by atoms with E-state index in [-0.39, 0.29) is 12.2 Å². The molecule has 0 bridgehead atoms. The quantitative estimate of drug-likeness (QED) is 0.874. The molecule has 1 aromatic heterocycles. The van der Waals surface area contributed by atoms with E-state index in [9.17, 15) is 9.59 Å². The number of nitrogens with two attached hydrogens (primary N) is 1. The van der Waals surface area contributed by atoms with Crippen molar-refractivity contribution >= 4 is 17.3 Å². The summed E-state index contributed by atoms with van der Waals surface area (Å²) in [5, 5.41) is 0.557. The molecule has 0 atom stereocenters. The van der Waals surface area contributed by atoms with E-state index in [1.165, 1.54) is 10.8 Å². The van der Waals surface area contributed by atoms with Gasteiger partial charge in [0.15, 0.2) is 0 Å². The van der Waals surface area contributed by atoms with Crippen LogP contribution in [0.2, 0.25) is 5.02 Å². The van der Waals surface area contributed by atoms with Gasteiger partial charge < -0.3 is 10.3 Å². The summed E-state index contributed by atoms with van der Waals surface area (Å²) in [5.41, 5.74) is 5.47. The van der Waals surface area contributed by atoms with Gasteiger partial charge in [0.25, 0.3) is 5.56 Å². The lowest BCUT2D eigenvalue weighted by Crippen LogP contribution is -2.39. The molecule has 0 aliphatic heterocycles. The fourth-order valence-corrected chi connectivity index (χ4v) is 1.92. The summed E-state index contributed by atoms with van der Waals surface area (Å²) in [4.78, 5) is 23.7. The highest BCUT2D eigenvalue weighted by Gasteiger charge is 2.08. The van der Waals surface area contributed by atoms with Gasteiger partial charge in [-0.1, -0.05) is 23.7 Å². The Balaban J connectivity index is 2.53. The monoisotopic (exact) mass is 265 g/mol. The van der Waals surface area contributed by atoms with Gasteiger partial charge in [-0.25, -0.2) is 4.79 Å². The Morgan fingerprint density at radius 3 is 2.72 bits per heavy atom. The number of hydrogen-bond acceptors (Lipinski definition) is 3. The summed E-state index contributed by atoms with van der Waals surface area (Å²) in [7, 11) is 1.55. The Kier molecular flexibility index (Phi) is 3.25. The smallest absolute Gasteiger partial charge is 0.331 e. The lowest BCUT2D eigenvalue weighted by molar-refractivity contribution is 0.643. The Morgan fingerprint density at radius 1 is 1.33 bits per heavy atom. The van der Waals surface area contributed by atoms with Crippen LogP contribution in [0.1, 0.15) is 5.56 Å². The highest BCUT2D eigenvalue weighted by molar-refractivity contribution is 6.30. The molecule has 0 unspecified atom stereocenters. The normalized spacial score (nSPS) is 10.6. The summed E-state index contributed by atoms with van der Waals surface area (Å²) < 4.78 is 2.36. The first-order chi connectivity index (χ1) is 8.49. The van der Waals surface area contributed by atoms with Gasteiger partial charge in [0.1, 0.15) is 5.69 Å². The van der Waals surface area contributed by atoms with Crippen molar-refractivity contribution in [1.29, 1.82) is 0 Å². The van der Waals surface area contributed by atoms with Crippen LogP contribution in [-0.4, -0.2) is 9.13 Å². The van der Waals surface area contributed by atoms with Gasteiger partial charge in [-0.2, -0.15) is 0 Å². The van der Waals surface area contributed by atoms with Crippen molar-refractivity contribution in [3.05, 3.63) is 61.9 Å². The number of rotatable bonds is 2. The predicted molar refractivity (Wildman–Crippen MR) is 70.9 cm³/mol. The Morgan fingerprint density at radius 2 is 2.06 bits per heavy atom. The number of benzene rings is 1. The van der Waals surface area contributed by atoms with Crippen LogP contribution in [-0.2, 0) is 13.6 Å². The average molecular weight is 266 g/mol. The van der Waals surface area contributed by atoms with Gasteiger partial charge in [0.05, 0.1) is 6.54 Å². The first-order valence-corrected chi connectivity index (χ1v) is 5.67. The molecule has 0 amide bonds. The predicted octanol–water partition coefficient (Wildman–Crippen LogP) is 0.831. The molecule has 1 aromatic carbocycles. The van der Waals surface area contributed by atoms with E-state index in [1.807, 2.05) is 0 Å². The van der Waals surface area contributed by atoms with Crippen LogP contribution in [0, 0.1) is 0 Å². The molecule has 2 N–H and O–H groups in total. The van der Waals surface area contributed by atoms with Crippen LogP contribution < -0.4 is 17.0 Å². The molecule has 1 heterocycles. The van der Waals surface area contributed by atoms with Crippen LogP contribution >= 0.6 is 11.6 Å². The SMILES string of the molecule is Cn1cc(N)c(=O)n(Cc2cccc(Cl)c2)c1=O. The minimum absolute atomic E-state index is 0.0409. The summed E-state index contributed by atoms with van der Waals surface area (Å²) in [6, 6.07) is 6.99. The molecule has 0 saturated carbocycles. The lowest BCUT2D eigenvalue weighted by atomic mass is 10.2. The number of anilines is 1. The third-order valence-corrected chi connectivity index (χ3v) is 2.82. The summed E-state index contributed by atoms with van der Waals surface area (Å²) >= 11 is 5.86. The molecule has 0 aliphatic rings. The lowest BCUT2D eigenvalue weighted by Gasteiger charge is -2.08. The van der Waals surface area contributed by atoms with Gasteiger partial charge >= 0.3 is 5.69 Å². The number of aromatic nitrogens is 2. The van der Waals surface area contributed by atoms with E-state index in [1.54, 1.807) is 31.3 Å². The second kappa shape index (κ2) is 4.70. The summed E-state index contributed by atoms with van der Waals surface area (Å²) in [6.45, 7) is 0.150. The van der Waals surface area contributed by atoms with Crippen molar-refractivity contribution in [2.45, 2.75) is 6.54 Å². The Labute approximate surface area is 108 Å². The van der Waals surface area contributed by atoms with E-state index >= 15 is 0 Å². The zero-order chi connectivity index (χ0) is 13.3. The van der Waals surface area contributed by atoms with Crippen molar-refractivity contribution in [1.82, 2.24) is 9.13 Å². The molecule has 5 nitrogen and oxygen atoms in total. The minimum atomic E-state index is -0.488. The summed E-state index contributed by atoms with van der Waals surface area (Å²) in [5.74, 6) is 0. The maximum atomic E-state index is 11.9. The highest BCUT2D eigenvalue weighted by atomic mass is 35.5. The van der Waals surface area contributed by atoms with E-state index in [2.05, 4.69) is 0 Å². The molecule has 0 radical (unpaired) electrons. The Hall–Kier alpha value is -2.01. The van der Waals surface area contributed by atoms with E-state index in [0.717, 1.165) is 10.1 Å². The van der Waals surface area contributed by atoms with E-state index < -0.39 is 11.2 Å². The number of nitrogen functional groups attached to an aromatic ring is 1. The third-order valence-electron chi connectivity index (χ3n) is 2.59. The fraction of sp³-hybridized carbons (Fsp3) is 0.167. The fourth-order valence-electron chi connectivity index (χ4n) is 1.71. The highest BCUT2D eigenvalue weighted by Crippen LogP contribution is 2.10. The van der Waals surface area contributed by atoms with E-state index in [0.29, 0.717) is 5.02 Å². The largest absolute Gasteiger partial charge is 0.393 e. The molecule has 2 aromatic rings. The van der Waals surface area contributed by atoms with Crippen molar-refractivity contribution < 1.29 is 0 Å². The standard InChI is InChI=1S/C12H12ClN3O2/c1-15-7-10(14)11(17)16(12(15)18)6-8-3-2-4-9(13)5-8/h2-5,7H,6,14H2,1H3. The topological polar surface area (TPSA) is 70.0 Å². The average Bonchev–Trinajstić information content (AvgIpc) is 2.32. The van der Waals surface area contributed by atoms with Gasteiger partial charge in [-0.05, 0) is 17.7 Å². The second-order valence-corrected chi connectivity index (χ2v) is 4.44. The zero-order valence-electron chi connectivity index (χ0n) is 9.76. The molecule has 18 heavy (non-hydrogen) atoms. The number of aryl methyl sites for hydroxylation is 1. The van der Waals surface area contributed by atoms with Crippen molar-refractivity contribution in [2.24, 2.45) is 7.05 Å². The van der Waals surface area contributed by atoms with Crippen LogP contribution in [0.4, 0.5) is 5.69 Å². The first-order valence-electron chi connectivity index (χ1n) is 5.29. The van der Waals surface area contributed by atoms with Crippen LogP contribution in [0.15, 0.2) is 40.1 Å². The van der Waals surface area contributed by atoms with Gasteiger partial charge in [-0.15, -0.1) is 0 Å². The van der Waals surface area contributed by atoms with Gasteiger partial charge in [0, 0.05) is 18.3 Å². The maximum absolute atomic E-state index is 11.9. The van der Waals surface area contributed by atoms with Crippen molar-refractivity contribution in [3.63, 3.8) is 0 Å². The minimum Gasteiger partial charge on any atom is -0.393 e. The first kappa shape index (κ1) is 12.4. The molecule has 0 saturated heterocycles. The van der Waals surface area contributed by atoms with Crippen molar-refractivity contribution in [2.75, 3.05) is 5.73 Å². The molecule has 0 spiro atoms. The molecular weight excluding hydrogens is 254 g/mol. The van der Waals surface area contributed by atoms with Crippen LogP contribution in [0.3, 0.4) is 0 Å². The maximum Gasteiger partial charge on any atom is 0.331 e. The Bertz CT molecular complexity index is 669. The molecule has 94 valence electrons. The number of halogens is 1. The number of hydrogen-bond donors (Lipinski definition) is 1. The zero-order valence-corrected chi connectivity index (χ0v) is 10.5. The molecular formula is C12H12ClN3O2. The third kappa shape index (κ3) is 2.31. The van der Waals surface area contributed by atoms with Gasteiger partial charge in [-0.3, -0.25) is 9.36 Å². The van der Waals surface area contributed by atoms with Crippen LogP contribution in [0.5, 0.6) is 0 Å². The molecule has 0 fully saturated rings. The van der Waals surface area contributed by atoms with Crippen molar-refractivity contribution in [3.8, 4) is 0 Å². The second-order valence-electron chi connectivity index (χ2n) is 4.00. The van der Waals surface area contributed by atoms with E-state index in [4.69, 9.17) is 17.3 Å². The molecule has 0 aliphatic carbocycles. The molecule has 6 heteroatoms. The molecule has 2 rings (SSSR count). The summed E-state index contributed by atoms with van der Waals surface area (Å²) in [6.07, 6.45) is 1.32. The number of nitrogens with zero attached hydrogens (tertiary/aromatic N) is 2. The van der Waals surface area contributed by atoms with Gasteiger partial charge in [0.2, 0.25) is 0 Å².